The van der Waals surface area contributed by atoms with Gasteiger partial charge < -0.3 is 15.2 Å². The van der Waals surface area contributed by atoms with Crippen LogP contribution in [0.3, 0.4) is 0 Å². The Bertz CT molecular complexity index is 451. The van der Waals surface area contributed by atoms with Crippen LogP contribution < -0.4 is 5.73 Å². The third kappa shape index (κ3) is 8.92. The van der Waals surface area contributed by atoms with Crippen LogP contribution in [0.2, 0.25) is 0 Å². The number of ether oxygens (including phenoxy) is 2. The molecule has 0 radical (unpaired) electrons. The first-order valence-corrected chi connectivity index (χ1v) is 6.93. The van der Waals surface area contributed by atoms with E-state index in [4.69, 9.17) is 15.2 Å². The van der Waals surface area contributed by atoms with Gasteiger partial charge in [0.15, 0.2) is 0 Å². The standard InChI is InChI=1S/C14H22N4O3/c1-2-4-14(19)12-21-10-5-13(15)11-20-9-3-7-18-8-6-16-17-18/h6,8,13H,3,5,7,9-12,15H2,1H3. The van der Waals surface area contributed by atoms with Crippen LogP contribution in [0.4, 0.5) is 0 Å². The van der Waals surface area contributed by atoms with Crippen molar-refractivity contribution >= 4 is 5.78 Å². The Morgan fingerprint density at radius 1 is 1.43 bits per heavy atom. The van der Waals surface area contributed by atoms with Crippen molar-refractivity contribution in [3.05, 3.63) is 12.4 Å². The summed E-state index contributed by atoms with van der Waals surface area (Å²) in [5.74, 6) is 4.73. The fraction of sp³-hybridized carbons (Fsp3) is 0.643. The molecule has 21 heavy (non-hydrogen) atoms. The van der Waals surface area contributed by atoms with Crippen molar-refractivity contribution in [3.63, 3.8) is 0 Å². The highest BCUT2D eigenvalue weighted by Crippen LogP contribution is 1.94. The lowest BCUT2D eigenvalue weighted by atomic mass is 10.2. The molecule has 0 amide bonds. The molecule has 1 aromatic rings. The molecule has 1 atom stereocenters. The summed E-state index contributed by atoms with van der Waals surface area (Å²) in [6, 6.07) is -0.0938. The lowest BCUT2D eigenvalue weighted by Gasteiger charge is -2.12. The second kappa shape index (κ2) is 11.0. The number of hydrogen-bond acceptors (Lipinski definition) is 6. The zero-order valence-corrected chi connectivity index (χ0v) is 12.3. The number of carbonyl (C=O) groups excluding carboxylic acids is 1. The molecule has 0 fully saturated rings. The van der Waals surface area contributed by atoms with Gasteiger partial charge in [0.1, 0.15) is 6.61 Å². The minimum absolute atomic E-state index is 0.0202. The molecular weight excluding hydrogens is 272 g/mol. The molecule has 0 saturated heterocycles. The summed E-state index contributed by atoms with van der Waals surface area (Å²) >= 11 is 0. The van der Waals surface area contributed by atoms with Crippen molar-refractivity contribution in [2.24, 2.45) is 5.73 Å². The molecular formula is C14H22N4O3. The number of aromatic nitrogens is 3. The van der Waals surface area contributed by atoms with E-state index in [1.165, 1.54) is 0 Å². The van der Waals surface area contributed by atoms with Crippen molar-refractivity contribution < 1.29 is 14.3 Å². The molecule has 2 N–H and O–H groups in total. The maximum Gasteiger partial charge on any atom is 0.231 e. The van der Waals surface area contributed by atoms with Crippen LogP contribution in [-0.2, 0) is 20.8 Å². The van der Waals surface area contributed by atoms with Gasteiger partial charge in [-0.05, 0) is 25.7 Å². The van der Waals surface area contributed by atoms with Gasteiger partial charge in [-0.15, -0.1) is 5.10 Å². The minimum atomic E-state index is -0.213. The van der Waals surface area contributed by atoms with Gasteiger partial charge in [0.2, 0.25) is 5.78 Å². The van der Waals surface area contributed by atoms with E-state index in [1.807, 2.05) is 6.20 Å². The van der Waals surface area contributed by atoms with E-state index in [0.717, 1.165) is 13.0 Å². The SMILES string of the molecule is CC#CC(=O)COCCC(N)COCCCn1ccnn1. The maximum absolute atomic E-state index is 11.1. The topological polar surface area (TPSA) is 92.3 Å². The van der Waals surface area contributed by atoms with Gasteiger partial charge in [-0.1, -0.05) is 11.1 Å². The number of nitrogens with zero attached hydrogens (tertiary/aromatic N) is 3. The molecule has 1 rings (SSSR count). The predicted molar refractivity (Wildman–Crippen MR) is 77.3 cm³/mol. The molecule has 1 unspecified atom stereocenters. The van der Waals surface area contributed by atoms with E-state index in [9.17, 15) is 4.79 Å². The summed E-state index contributed by atoms with van der Waals surface area (Å²) in [7, 11) is 0. The molecule has 7 heteroatoms. The molecule has 116 valence electrons. The highest BCUT2D eigenvalue weighted by molar-refractivity contribution is 5.96. The van der Waals surface area contributed by atoms with E-state index in [1.54, 1.807) is 17.8 Å². The average Bonchev–Trinajstić information content (AvgIpc) is 2.97. The number of rotatable bonds is 11. The van der Waals surface area contributed by atoms with Gasteiger partial charge >= 0.3 is 0 Å². The first-order chi connectivity index (χ1) is 10.2. The molecule has 0 aliphatic heterocycles. The third-order valence-corrected chi connectivity index (χ3v) is 2.61. The first-order valence-electron chi connectivity index (χ1n) is 6.93. The van der Waals surface area contributed by atoms with E-state index >= 15 is 0 Å². The van der Waals surface area contributed by atoms with Crippen LogP contribution in [0.1, 0.15) is 19.8 Å². The smallest absolute Gasteiger partial charge is 0.231 e. The minimum Gasteiger partial charge on any atom is -0.380 e. The average molecular weight is 294 g/mol. The summed E-state index contributed by atoms with van der Waals surface area (Å²) in [5.41, 5.74) is 5.88. The Morgan fingerprint density at radius 2 is 2.29 bits per heavy atom. The normalized spacial score (nSPS) is 11.7. The van der Waals surface area contributed by atoms with Crippen LogP contribution in [0.5, 0.6) is 0 Å². The van der Waals surface area contributed by atoms with E-state index in [0.29, 0.717) is 26.2 Å². The van der Waals surface area contributed by atoms with Gasteiger partial charge in [0.25, 0.3) is 0 Å². The lowest BCUT2D eigenvalue weighted by molar-refractivity contribution is -0.118. The number of nitrogens with two attached hydrogens (primary N) is 1. The fourth-order valence-electron chi connectivity index (χ4n) is 1.57. The number of ketones is 1. The van der Waals surface area contributed by atoms with Gasteiger partial charge in [-0.25, -0.2) is 0 Å². The van der Waals surface area contributed by atoms with E-state index < -0.39 is 0 Å². The number of aryl methyl sites for hydroxylation is 1. The van der Waals surface area contributed by atoms with Crippen molar-refractivity contribution in [1.82, 2.24) is 15.0 Å². The van der Waals surface area contributed by atoms with Crippen LogP contribution >= 0.6 is 0 Å². The molecule has 1 aromatic heterocycles. The maximum atomic E-state index is 11.1. The fourth-order valence-corrected chi connectivity index (χ4v) is 1.57. The monoisotopic (exact) mass is 294 g/mol. The van der Waals surface area contributed by atoms with Crippen LogP contribution in [-0.4, -0.2) is 53.2 Å². The highest BCUT2D eigenvalue weighted by atomic mass is 16.5. The van der Waals surface area contributed by atoms with Crippen molar-refractivity contribution in [2.75, 3.05) is 26.4 Å². The zero-order valence-electron chi connectivity index (χ0n) is 12.3. The summed E-state index contributed by atoms with van der Waals surface area (Å²) in [4.78, 5) is 11.1. The molecule has 0 aliphatic carbocycles. The molecule has 7 nitrogen and oxygen atoms in total. The van der Waals surface area contributed by atoms with Crippen LogP contribution in [0.15, 0.2) is 12.4 Å². The largest absolute Gasteiger partial charge is 0.380 e. The molecule has 0 bridgehead atoms. The van der Waals surface area contributed by atoms with Crippen molar-refractivity contribution in [3.8, 4) is 11.8 Å². The lowest BCUT2D eigenvalue weighted by Crippen LogP contribution is -2.28. The van der Waals surface area contributed by atoms with Gasteiger partial charge in [0.05, 0.1) is 12.8 Å². The molecule has 0 aliphatic rings. The number of Topliss-reactive ketones (excluding diaryl/α,β-unsaturated/α-hetero) is 1. The Morgan fingerprint density at radius 3 is 3.00 bits per heavy atom. The summed E-state index contributed by atoms with van der Waals surface area (Å²) in [6.07, 6.45) is 4.97. The molecule has 0 saturated carbocycles. The van der Waals surface area contributed by atoms with Crippen LogP contribution in [0, 0.1) is 11.8 Å². The van der Waals surface area contributed by atoms with E-state index in [2.05, 4.69) is 22.2 Å². The Labute approximate surface area is 124 Å². The quantitative estimate of drug-likeness (QED) is 0.351. The van der Waals surface area contributed by atoms with E-state index in [-0.39, 0.29) is 18.4 Å². The number of hydrogen-bond donors (Lipinski definition) is 1. The van der Waals surface area contributed by atoms with Gasteiger partial charge in [0, 0.05) is 32.0 Å². The summed E-state index contributed by atoms with van der Waals surface area (Å²) < 4.78 is 12.4. The summed E-state index contributed by atoms with van der Waals surface area (Å²) in [5, 5.41) is 7.58. The van der Waals surface area contributed by atoms with Crippen LogP contribution in [0.25, 0.3) is 0 Å². The molecule has 0 spiro atoms. The number of carbonyl (C=O) groups is 1. The van der Waals surface area contributed by atoms with Crippen molar-refractivity contribution in [1.29, 1.82) is 0 Å². The second-order valence-corrected chi connectivity index (χ2v) is 4.49. The van der Waals surface area contributed by atoms with Gasteiger partial charge in [-0.3, -0.25) is 9.48 Å². The molecule has 1 heterocycles. The second-order valence-electron chi connectivity index (χ2n) is 4.49. The first kappa shape index (κ1) is 17.3. The molecule has 0 aromatic carbocycles. The zero-order chi connectivity index (χ0) is 15.3. The van der Waals surface area contributed by atoms with Gasteiger partial charge in [-0.2, -0.15) is 0 Å². The Hall–Kier alpha value is -1.75. The Kier molecular flexibility index (Phi) is 9.04. The predicted octanol–water partition coefficient (Wildman–Crippen LogP) is 0.0112. The Balaban J connectivity index is 1.92. The third-order valence-electron chi connectivity index (χ3n) is 2.61. The summed E-state index contributed by atoms with van der Waals surface area (Å²) in [6.45, 7) is 3.95. The van der Waals surface area contributed by atoms with Crippen molar-refractivity contribution in [2.45, 2.75) is 32.4 Å². The highest BCUT2D eigenvalue weighted by Gasteiger charge is 2.04.